The van der Waals surface area contributed by atoms with Crippen molar-refractivity contribution < 1.29 is 4.79 Å². The molecule has 0 aliphatic heterocycles. The molecule has 2 aromatic rings. The van der Waals surface area contributed by atoms with Crippen LogP contribution in [0.5, 0.6) is 0 Å². The summed E-state index contributed by atoms with van der Waals surface area (Å²) in [5.74, 6) is -0.273. The van der Waals surface area contributed by atoms with Crippen molar-refractivity contribution in [2.45, 2.75) is 20.3 Å². The van der Waals surface area contributed by atoms with Gasteiger partial charge in [-0.05, 0) is 24.6 Å². The molecule has 0 aliphatic carbocycles. The van der Waals surface area contributed by atoms with Gasteiger partial charge in [0.1, 0.15) is 0 Å². The van der Waals surface area contributed by atoms with Crippen LogP contribution in [0.25, 0.3) is 0 Å². The molecule has 0 saturated carbocycles. The molecule has 0 unspecified atom stereocenters. The predicted molar refractivity (Wildman–Crippen MR) is 73.4 cm³/mol. The molecule has 0 fully saturated rings. The lowest BCUT2D eigenvalue weighted by atomic mass is 10.2. The Kier molecular flexibility index (Phi) is 4.35. The average Bonchev–Trinajstić information content (AvgIpc) is 2.89. The molecule has 2 aromatic heterocycles. The van der Waals surface area contributed by atoms with Gasteiger partial charge < -0.3 is 5.32 Å². The second-order valence-electron chi connectivity index (χ2n) is 3.92. The number of aromatic nitrogens is 4. The first-order valence-electron chi connectivity index (χ1n) is 5.87. The summed E-state index contributed by atoms with van der Waals surface area (Å²) in [5.41, 5.74) is 2.10. The van der Waals surface area contributed by atoms with Crippen molar-refractivity contribution in [1.29, 1.82) is 0 Å². The highest BCUT2D eigenvalue weighted by Gasteiger charge is 2.14. The number of carbonyl (C=O) groups is 1. The van der Waals surface area contributed by atoms with E-state index in [1.807, 2.05) is 13.0 Å². The van der Waals surface area contributed by atoms with E-state index in [0.29, 0.717) is 10.7 Å². The lowest BCUT2D eigenvalue weighted by Crippen LogP contribution is -2.15. The molecule has 0 aromatic carbocycles. The van der Waals surface area contributed by atoms with E-state index in [9.17, 15) is 4.79 Å². The molecule has 1 amide bonds. The summed E-state index contributed by atoms with van der Waals surface area (Å²) >= 11 is 1.03. The van der Waals surface area contributed by atoms with Gasteiger partial charge in [0.2, 0.25) is 5.13 Å². The minimum absolute atomic E-state index is 0.273. The molecule has 19 heavy (non-hydrogen) atoms. The minimum Gasteiger partial charge on any atom is -0.384 e. The van der Waals surface area contributed by atoms with Gasteiger partial charge in [0, 0.05) is 30.0 Å². The molecule has 100 valence electrons. The summed E-state index contributed by atoms with van der Waals surface area (Å²) in [6.07, 6.45) is 2.53. The number of pyridine rings is 1. The van der Waals surface area contributed by atoms with Crippen LogP contribution < -0.4 is 10.6 Å². The van der Waals surface area contributed by atoms with E-state index in [4.69, 9.17) is 0 Å². The zero-order valence-corrected chi connectivity index (χ0v) is 11.5. The summed E-state index contributed by atoms with van der Waals surface area (Å²) in [5, 5.41) is 13.3. The first-order valence-corrected chi connectivity index (χ1v) is 6.65. The molecule has 0 spiro atoms. The lowest BCUT2D eigenvalue weighted by Gasteiger charge is -2.11. The molecular weight excluding hydrogens is 264 g/mol. The third-order valence-corrected chi connectivity index (χ3v) is 2.88. The highest BCUT2D eigenvalue weighted by molar-refractivity contribution is 7.09. The molecule has 7 nitrogen and oxygen atoms in total. The van der Waals surface area contributed by atoms with Gasteiger partial charge in [0.15, 0.2) is 0 Å². The Labute approximate surface area is 114 Å². The fourth-order valence-corrected chi connectivity index (χ4v) is 1.85. The van der Waals surface area contributed by atoms with Crippen LogP contribution in [-0.4, -0.2) is 32.2 Å². The Morgan fingerprint density at radius 1 is 1.47 bits per heavy atom. The van der Waals surface area contributed by atoms with Crippen molar-refractivity contribution >= 4 is 28.3 Å². The van der Waals surface area contributed by atoms with Gasteiger partial charge in [-0.2, -0.15) is 0 Å². The Morgan fingerprint density at radius 3 is 3.00 bits per heavy atom. The SMILES string of the molecule is CCCNc1cc(C)ncc1C(=O)Nc1nnns1. The van der Waals surface area contributed by atoms with Crippen LogP contribution >= 0.6 is 11.5 Å². The number of anilines is 2. The van der Waals surface area contributed by atoms with Crippen LogP contribution in [0.3, 0.4) is 0 Å². The van der Waals surface area contributed by atoms with Crippen LogP contribution in [0.2, 0.25) is 0 Å². The van der Waals surface area contributed by atoms with Crippen molar-refractivity contribution in [3.63, 3.8) is 0 Å². The number of amides is 1. The largest absolute Gasteiger partial charge is 0.384 e. The average molecular weight is 278 g/mol. The van der Waals surface area contributed by atoms with E-state index < -0.39 is 0 Å². The maximum atomic E-state index is 12.1. The van der Waals surface area contributed by atoms with Gasteiger partial charge in [-0.1, -0.05) is 16.5 Å². The first kappa shape index (κ1) is 13.3. The van der Waals surface area contributed by atoms with Crippen LogP contribution in [-0.2, 0) is 0 Å². The van der Waals surface area contributed by atoms with Gasteiger partial charge in [-0.25, -0.2) is 0 Å². The Hall–Kier alpha value is -2.09. The number of nitrogens with zero attached hydrogens (tertiary/aromatic N) is 4. The Bertz CT molecular complexity index is 556. The van der Waals surface area contributed by atoms with Crippen molar-refractivity contribution in [3.05, 3.63) is 23.5 Å². The molecule has 2 heterocycles. The highest BCUT2D eigenvalue weighted by Crippen LogP contribution is 2.18. The summed E-state index contributed by atoms with van der Waals surface area (Å²) < 4.78 is 3.59. The zero-order chi connectivity index (χ0) is 13.7. The van der Waals surface area contributed by atoms with Crippen LogP contribution in [0.1, 0.15) is 29.4 Å². The van der Waals surface area contributed by atoms with Crippen molar-refractivity contribution in [1.82, 2.24) is 19.8 Å². The van der Waals surface area contributed by atoms with Crippen LogP contribution in [0.4, 0.5) is 10.8 Å². The first-order chi connectivity index (χ1) is 9.20. The van der Waals surface area contributed by atoms with Crippen LogP contribution in [0, 0.1) is 6.92 Å². The van der Waals surface area contributed by atoms with E-state index in [0.717, 1.165) is 35.9 Å². The van der Waals surface area contributed by atoms with E-state index in [1.54, 1.807) is 6.20 Å². The maximum absolute atomic E-state index is 12.1. The smallest absolute Gasteiger partial charge is 0.261 e. The van der Waals surface area contributed by atoms with Crippen molar-refractivity contribution in [3.8, 4) is 0 Å². The molecule has 2 N–H and O–H groups in total. The van der Waals surface area contributed by atoms with Gasteiger partial charge in [0.05, 0.1) is 11.3 Å². The van der Waals surface area contributed by atoms with Gasteiger partial charge in [-0.3, -0.25) is 15.1 Å². The molecule has 8 heteroatoms. The second kappa shape index (κ2) is 6.19. The summed E-state index contributed by atoms with van der Waals surface area (Å²) in [7, 11) is 0. The molecule has 0 atom stereocenters. The van der Waals surface area contributed by atoms with Gasteiger partial charge >= 0.3 is 0 Å². The number of aryl methyl sites for hydroxylation is 1. The van der Waals surface area contributed by atoms with E-state index in [1.165, 1.54) is 0 Å². The topological polar surface area (TPSA) is 92.7 Å². The molecule has 2 rings (SSSR count). The molecule has 0 aliphatic rings. The molecule has 0 bridgehead atoms. The monoisotopic (exact) mass is 278 g/mol. The standard InChI is InChI=1S/C11H14N6OS/c1-3-4-12-9-5-7(2)13-6-8(9)10(18)14-11-15-16-17-19-11/h5-6H,3-4H2,1-2H3,(H,12,13)(H,14,15,17,18). The fraction of sp³-hybridized carbons (Fsp3) is 0.364. The third kappa shape index (κ3) is 3.44. The second-order valence-corrected chi connectivity index (χ2v) is 4.65. The van der Waals surface area contributed by atoms with E-state index in [2.05, 4.69) is 37.3 Å². The predicted octanol–water partition coefficient (Wildman–Crippen LogP) is 1.71. The number of hydrogen-bond donors (Lipinski definition) is 2. The van der Waals surface area contributed by atoms with Crippen LogP contribution in [0.15, 0.2) is 12.3 Å². The minimum atomic E-state index is -0.273. The molecule has 0 saturated heterocycles. The summed E-state index contributed by atoms with van der Waals surface area (Å²) in [6.45, 7) is 4.74. The van der Waals surface area contributed by atoms with Crippen molar-refractivity contribution in [2.75, 3.05) is 17.2 Å². The Morgan fingerprint density at radius 2 is 2.32 bits per heavy atom. The fourth-order valence-electron chi connectivity index (χ4n) is 1.49. The van der Waals surface area contributed by atoms with Crippen molar-refractivity contribution in [2.24, 2.45) is 0 Å². The van der Waals surface area contributed by atoms with E-state index in [-0.39, 0.29) is 5.91 Å². The number of carbonyl (C=O) groups excluding carboxylic acids is 1. The molecule has 0 radical (unpaired) electrons. The summed E-state index contributed by atoms with van der Waals surface area (Å²) in [6, 6.07) is 1.85. The third-order valence-electron chi connectivity index (χ3n) is 2.37. The number of nitrogens with one attached hydrogen (secondary N) is 2. The Balaban J connectivity index is 2.20. The maximum Gasteiger partial charge on any atom is 0.261 e. The number of rotatable bonds is 5. The summed E-state index contributed by atoms with van der Waals surface area (Å²) in [4.78, 5) is 16.3. The quantitative estimate of drug-likeness (QED) is 0.865. The molecular formula is C11H14N6OS. The zero-order valence-electron chi connectivity index (χ0n) is 10.7. The van der Waals surface area contributed by atoms with Gasteiger partial charge in [0.25, 0.3) is 5.91 Å². The van der Waals surface area contributed by atoms with E-state index >= 15 is 0 Å². The highest BCUT2D eigenvalue weighted by atomic mass is 32.1. The number of hydrogen-bond acceptors (Lipinski definition) is 7. The normalized spacial score (nSPS) is 10.2. The lowest BCUT2D eigenvalue weighted by molar-refractivity contribution is 0.102. The van der Waals surface area contributed by atoms with Gasteiger partial charge in [-0.15, -0.1) is 0 Å².